The third kappa shape index (κ3) is 1.57. The number of hydrogen-bond donors (Lipinski definition) is 1. The van der Waals surface area contributed by atoms with Gasteiger partial charge in [0.25, 0.3) is 0 Å². The standard InChI is InChI=1S/C14H19NO/c16-13-8-4-5-11-9-10-15(14(11)13)12-6-2-1-3-7-12/h4-5,8,12,16H,1-3,6-7,9-10H2. The van der Waals surface area contributed by atoms with Crippen LogP contribution < -0.4 is 4.90 Å². The molecule has 1 aromatic carbocycles. The van der Waals surface area contributed by atoms with Gasteiger partial charge in [0, 0.05) is 12.6 Å². The van der Waals surface area contributed by atoms with E-state index in [9.17, 15) is 5.11 Å². The van der Waals surface area contributed by atoms with E-state index in [4.69, 9.17) is 0 Å². The Balaban J connectivity index is 1.89. The van der Waals surface area contributed by atoms with Gasteiger partial charge in [-0.2, -0.15) is 0 Å². The molecule has 86 valence electrons. The molecule has 0 spiro atoms. The molecule has 1 aliphatic heterocycles. The van der Waals surface area contributed by atoms with Crippen molar-refractivity contribution in [1.29, 1.82) is 0 Å². The molecule has 2 aliphatic rings. The van der Waals surface area contributed by atoms with E-state index in [0.29, 0.717) is 11.8 Å². The van der Waals surface area contributed by atoms with Gasteiger partial charge < -0.3 is 10.0 Å². The maximum atomic E-state index is 9.99. The number of rotatable bonds is 1. The Bertz CT molecular complexity index is 382. The van der Waals surface area contributed by atoms with Crippen LogP contribution in [0.3, 0.4) is 0 Å². The Morgan fingerprint density at radius 1 is 1.12 bits per heavy atom. The van der Waals surface area contributed by atoms with Crippen molar-refractivity contribution in [1.82, 2.24) is 0 Å². The van der Waals surface area contributed by atoms with Crippen LogP contribution in [-0.2, 0) is 6.42 Å². The Morgan fingerprint density at radius 2 is 1.94 bits per heavy atom. The highest BCUT2D eigenvalue weighted by Crippen LogP contribution is 2.40. The molecule has 0 radical (unpaired) electrons. The van der Waals surface area contributed by atoms with Crippen molar-refractivity contribution in [3.05, 3.63) is 23.8 Å². The van der Waals surface area contributed by atoms with Crippen LogP contribution in [0.1, 0.15) is 37.7 Å². The largest absolute Gasteiger partial charge is 0.506 e. The number of fused-ring (bicyclic) bond motifs is 1. The molecule has 0 unspecified atom stereocenters. The van der Waals surface area contributed by atoms with Gasteiger partial charge in [0.05, 0.1) is 5.69 Å². The van der Waals surface area contributed by atoms with E-state index in [-0.39, 0.29) is 0 Å². The summed E-state index contributed by atoms with van der Waals surface area (Å²) in [6.07, 6.45) is 7.79. The summed E-state index contributed by atoms with van der Waals surface area (Å²) in [4.78, 5) is 2.45. The number of aromatic hydroxyl groups is 1. The summed E-state index contributed by atoms with van der Waals surface area (Å²) < 4.78 is 0. The van der Waals surface area contributed by atoms with Gasteiger partial charge in [-0.15, -0.1) is 0 Å². The summed E-state index contributed by atoms with van der Waals surface area (Å²) in [6.45, 7) is 1.09. The van der Waals surface area contributed by atoms with Crippen LogP contribution in [0.4, 0.5) is 5.69 Å². The van der Waals surface area contributed by atoms with Crippen LogP contribution >= 0.6 is 0 Å². The molecule has 1 saturated carbocycles. The Labute approximate surface area is 96.9 Å². The summed E-state index contributed by atoms with van der Waals surface area (Å²) in [5.74, 6) is 0.473. The maximum absolute atomic E-state index is 9.99. The summed E-state index contributed by atoms with van der Waals surface area (Å²) in [6, 6.07) is 6.60. The van der Waals surface area contributed by atoms with E-state index in [1.165, 1.54) is 37.7 Å². The third-order valence-corrected chi connectivity index (χ3v) is 4.02. The van der Waals surface area contributed by atoms with Crippen LogP contribution in [0.25, 0.3) is 0 Å². The summed E-state index contributed by atoms with van der Waals surface area (Å²) in [5, 5.41) is 9.99. The molecule has 0 amide bonds. The fraction of sp³-hybridized carbons (Fsp3) is 0.571. The lowest BCUT2D eigenvalue weighted by atomic mass is 9.94. The van der Waals surface area contributed by atoms with Crippen molar-refractivity contribution in [3.8, 4) is 5.75 Å². The number of anilines is 1. The van der Waals surface area contributed by atoms with Gasteiger partial charge in [0.15, 0.2) is 0 Å². The van der Waals surface area contributed by atoms with Crippen molar-refractivity contribution >= 4 is 5.69 Å². The van der Waals surface area contributed by atoms with E-state index < -0.39 is 0 Å². The first-order chi connectivity index (χ1) is 7.86. The molecule has 1 fully saturated rings. The van der Waals surface area contributed by atoms with Crippen molar-refractivity contribution in [2.24, 2.45) is 0 Å². The molecule has 2 nitrogen and oxygen atoms in total. The molecule has 16 heavy (non-hydrogen) atoms. The number of phenolic OH excluding ortho intramolecular Hbond substituents is 1. The van der Waals surface area contributed by atoms with E-state index in [2.05, 4.69) is 11.0 Å². The average molecular weight is 217 g/mol. The Morgan fingerprint density at radius 3 is 2.75 bits per heavy atom. The Hall–Kier alpha value is -1.18. The molecule has 3 rings (SSSR count). The topological polar surface area (TPSA) is 23.5 Å². The van der Waals surface area contributed by atoms with Crippen LogP contribution in [0.2, 0.25) is 0 Å². The van der Waals surface area contributed by atoms with Crippen LogP contribution in [-0.4, -0.2) is 17.7 Å². The molecule has 0 atom stereocenters. The molecule has 1 aromatic rings. The number of hydrogen-bond acceptors (Lipinski definition) is 2. The summed E-state index contributed by atoms with van der Waals surface area (Å²) in [5.41, 5.74) is 2.44. The van der Waals surface area contributed by atoms with E-state index in [1.807, 2.05) is 12.1 Å². The quantitative estimate of drug-likeness (QED) is 0.781. The van der Waals surface area contributed by atoms with Gasteiger partial charge >= 0.3 is 0 Å². The maximum Gasteiger partial charge on any atom is 0.139 e. The predicted molar refractivity (Wildman–Crippen MR) is 66.0 cm³/mol. The zero-order chi connectivity index (χ0) is 11.0. The minimum atomic E-state index is 0.473. The van der Waals surface area contributed by atoms with Crippen LogP contribution in [0.5, 0.6) is 5.75 Å². The molecule has 1 N–H and O–H groups in total. The second kappa shape index (κ2) is 4.00. The number of benzene rings is 1. The SMILES string of the molecule is Oc1cccc2c1N(C1CCCCC1)CC2. The number of phenols is 1. The summed E-state index contributed by atoms with van der Waals surface area (Å²) >= 11 is 0. The fourth-order valence-electron chi connectivity index (χ4n) is 3.22. The van der Waals surface area contributed by atoms with E-state index in [0.717, 1.165) is 18.7 Å². The normalized spacial score (nSPS) is 21.1. The molecule has 0 saturated heterocycles. The second-order valence-electron chi connectivity index (χ2n) is 5.02. The van der Waals surface area contributed by atoms with Gasteiger partial charge in [0.1, 0.15) is 5.75 Å². The first kappa shape index (κ1) is 10.0. The smallest absolute Gasteiger partial charge is 0.139 e. The first-order valence-electron chi connectivity index (χ1n) is 6.44. The predicted octanol–water partition coefficient (Wildman–Crippen LogP) is 3.09. The first-order valence-corrected chi connectivity index (χ1v) is 6.44. The van der Waals surface area contributed by atoms with E-state index >= 15 is 0 Å². The lowest BCUT2D eigenvalue weighted by Gasteiger charge is -2.33. The number of para-hydroxylation sites is 1. The highest BCUT2D eigenvalue weighted by molar-refractivity contribution is 5.67. The number of nitrogens with zero attached hydrogens (tertiary/aromatic N) is 1. The van der Waals surface area contributed by atoms with Gasteiger partial charge in [-0.05, 0) is 30.9 Å². The molecular formula is C14H19NO. The molecule has 1 heterocycles. The van der Waals surface area contributed by atoms with Crippen molar-refractivity contribution in [2.75, 3.05) is 11.4 Å². The van der Waals surface area contributed by atoms with Crippen LogP contribution in [0, 0.1) is 0 Å². The minimum Gasteiger partial charge on any atom is -0.506 e. The lowest BCUT2D eigenvalue weighted by molar-refractivity contribution is 0.414. The second-order valence-corrected chi connectivity index (χ2v) is 5.02. The highest BCUT2D eigenvalue weighted by Gasteiger charge is 2.29. The highest BCUT2D eigenvalue weighted by atomic mass is 16.3. The molecule has 0 bridgehead atoms. The fourth-order valence-corrected chi connectivity index (χ4v) is 3.22. The third-order valence-electron chi connectivity index (χ3n) is 4.02. The average Bonchev–Trinajstić information content (AvgIpc) is 2.75. The lowest BCUT2D eigenvalue weighted by Crippen LogP contribution is -2.35. The van der Waals surface area contributed by atoms with Gasteiger partial charge in [-0.1, -0.05) is 31.4 Å². The zero-order valence-electron chi connectivity index (χ0n) is 9.65. The van der Waals surface area contributed by atoms with Crippen molar-refractivity contribution in [3.63, 3.8) is 0 Å². The molecular weight excluding hydrogens is 198 g/mol. The van der Waals surface area contributed by atoms with E-state index in [1.54, 1.807) is 0 Å². The zero-order valence-corrected chi connectivity index (χ0v) is 9.65. The minimum absolute atomic E-state index is 0.473. The van der Waals surface area contributed by atoms with Crippen LogP contribution in [0.15, 0.2) is 18.2 Å². The van der Waals surface area contributed by atoms with Gasteiger partial charge in [0.2, 0.25) is 0 Å². The molecule has 0 aromatic heterocycles. The van der Waals surface area contributed by atoms with Crippen molar-refractivity contribution < 1.29 is 5.11 Å². The van der Waals surface area contributed by atoms with Gasteiger partial charge in [-0.3, -0.25) is 0 Å². The van der Waals surface area contributed by atoms with Crippen molar-refractivity contribution in [2.45, 2.75) is 44.6 Å². The molecule has 1 aliphatic carbocycles. The molecule has 2 heteroatoms. The Kier molecular flexibility index (Phi) is 2.50. The van der Waals surface area contributed by atoms with Gasteiger partial charge in [-0.25, -0.2) is 0 Å². The summed E-state index contributed by atoms with van der Waals surface area (Å²) in [7, 11) is 0. The monoisotopic (exact) mass is 217 g/mol.